The van der Waals surface area contributed by atoms with Crippen LogP contribution in [0, 0.1) is 3.57 Å². The third kappa shape index (κ3) is 3.84. The van der Waals surface area contributed by atoms with Crippen LogP contribution in [-0.2, 0) is 0 Å². The molecule has 0 amide bonds. The molecule has 3 aromatic heterocycles. The predicted octanol–water partition coefficient (Wildman–Crippen LogP) is 6.83. The molecule has 0 aliphatic carbocycles. The van der Waals surface area contributed by atoms with Gasteiger partial charge < -0.3 is 9.97 Å². The van der Waals surface area contributed by atoms with Crippen molar-refractivity contribution in [1.29, 1.82) is 0 Å². The van der Waals surface area contributed by atoms with Gasteiger partial charge in [-0.15, -0.1) is 0 Å². The number of hydrogen-bond donors (Lipinski definition) is 2. The Hall–Kier alpha value is -4.03. The number of halogens is 1. The van der Waals surface area contributed by atoms with Crippen LogP contribution in [0.5, 0.6) is 0 Å². The summed E-state index contributed by atoms with van der Waals surface area (Å²) in [4.78, 5) is 37.0. The van der Waals surface area contributed by atoms with Crippen molar-refractivity contribution in [1.82, 2.24) is 39.9 Å². The SMILES string of the molecule is Ic1cccc2c3nc4nc(nc5[nH]c(nc6nc(nc([nH]3)c12)-c1ccccc1-6)c1ccccc51)-c1ccccc1-4.[NaH]. The molecule has 7 aromatic rings. The van der Waals surface area contributed by atoms with E-state index in [9.17, 15) is 0 Å². The van der Waals surface area contributed by atoms with Crippen molar-refractivity contribution in [2.24, 2.45) is 0 Å². The van der Waals surface area contributed by atoms with E-state index >= 15 is 0 Å². The third-order valence-corrected chi connectivity index (χ3v) is 8.43. The second-order valence-electron chi connectivity index (χ2n) is 9.91. The summed E-state index contributed by atoms with van der Waals surface area (Å²) in [5.41, 5.74) is 6.46. The molecular formula is C32H18IN8Na. The van der Waals surface area contributed by atoms with E-state index in [1.807, 2.05) is 78.9 Å². The van der Waals surface area contributed by atoms with Gasteiger partial charge in [-0.3, -0.25) is 0 Å². The Morgan fingerprint density at radius 3 is 1.29 bits per heavy atom. The van der Waals surface area contributed by atoms with Crippen molar-refractivity contribution in [3.05, 3.63) is 94.6 Å². The zero-order chi connectivity index (χ0) is 27.1. The van der Waals surface area contributed by atoms with Crippen LogP contribution in [0.25, 0.3) is 89.7 Å². The average molecular weight is 664 g/mol. The molecule has 0 spiro atoms. The van der Waals surface area contributed by atoms with Crippen LogP contribution < -0.4 is 0 Å². The summed E-state index contributed by atoms with van der Waals surface area (Å²) in [5.74, 6) is 2.39. The van der Waals surface area contributed by atoms with Gasteiger partial charge >= 0.3 is 29.6 Å². The molecule has 10 heteroatoms. The molecule has 194 valence electrons. The Bertz CT molecular complexity index is 2410. The third-order valence-electron chi connectivity index (χ3n) is 7.53. The molecule has 8 bridgehead atoms. The summed E-state index contributed by atoms with van der Waals surface area (Å²) in [5, 5.41) is 3.86. The Kier molecular flexibility index (Phi) is 5.97. The number of fused-ring (bicyclic) bond motifs is 20. The van der Waals surface area contributed by atoms with Gasteiger partial charge in [0.2, 0.25) is 0 Å². The van der Waals surface area contributed by atoms with Gasteiger partial charge in [0.25, 0.3) is 0 Å². The molecule has 42 heavy (non-hydrogen) atoms. The van der Waals surface area contributed by atoms with E-state index in [2.05, 4.69) is 44.7 Å². The first-order chi connectivity index (χ1) is 20.2. The summed E-state index contributed by atoms with van der Waals surface area (Å²) < 4.78 is 1.07. The van der Waals surface area contributed by atoms with Gasteiger partial charge in [-0.05, 0) is 28.7 Å². The summed E-state index contributed by atoms with van der Waals surface area (Å²) in [6.45, 7) is 0. The fraction of sp³-hybridized carbons (Fsp3) is 0. The Labute approximate surface area is 274 Å². The minimum absolute atomic E-state index is 0. The summed E-state index contributed by atoms with van der Waals surface area (Å²) in [6.07, 6.45) is 0. The van der Waals surface area contributed by atoms with Crippen molar-refractivity contribution in [3.8, 4) is 45.6 Å². The first-order valence-electron chi connectivity index (χ1n) is 13.1. The van der Waals surface area contributed by atoms with Gasteiger partial charge in [-0.2, -0.15) is 0 Å². The number of rotatable bonds is 0. The number of aromatic nitrogens is 8. The van der Waals surface area contributed by atoms with Gasteiger partial charge in [0.1, 0.15) is 22.6 Å². The minimum atomic E-state index is 0. The number of H-pyrrole nitrogens is 2. The van der Waals surface area contributed by atoms with Crippen LogP contribution in [0.1, 0.15) is 0 Å². The van der Waals surface area contributed by atoms with Crippen LogP contribution >= 0.6 is 22.6 Å². The molecule has 0 atom stereocenters. The van der Waals surface area contributed by atoms with E-state index < -0.39 is 0 Å². The molecule has 0 saturated carbocycles. The molecule has 8 nitrogen and oxygen atoms in total. The second-order valence-corrected chi connectivity index (χ2v) is 11.1. The average Bonchev–Trinajstić information content (AvgIpc) is 3.73. The van der Waals surface area contributed by atoms with Crippen LogP contribution in [0.15, 0.2) is 91.0 Å². The number of hydrogen-bond acceptors (Lipinski definition) is 6. The topological polar surface area (TPSA) is 109 Å². The summed E-state index contributed by atoms with van der Waals surface area (Å²) >= 11 is 2.35. The fourth-order valence-corrected chi connectivity index (χ4v) is 6.40. The first kappa shape index (κ1) is 25.7. The van der Waals surface area contributed by atoms with Crippen LogP contribution in [0.3, 0.4) is 0 Å². The monoisotopic (exact) mass is 664 g/mol. The number of nitrogens with one attached hydrogen (secondary N) is 2. The molecule has 2 aliphatic rings. The molecule has 2 aliphatic heterocycles. The van der Waals surface area contributed by atoms with Crippen LogP contribution in [0.2, 0.25) is 0 Å². The Morgan fingerprint density at radius 1 is 0.405 bits per heavy atom. The van der Waals surface area contributed by atoms with Gasteiger partial charge in [0.05, 0.1) is 0 Å². The normalized spacial score (nSPS) is 11.7. The summed E-state index contributed by atoms with van der Waals surface area (Å²) in [7, 11) is 0. The molecular weight excluding hydrogens is 646 g/mol. The van der Waals surface area contributed by atoms with Gasteiger partial charge in [-0.25, -0.2) is 29.9 Å². The van der Waals surface area contributed by atoms with Gasteiger partial charge in [0.15, 0.2) is 23.3 Å². The number of nitrogens with zero attached hydrogens (tertiary/aromatic N) is 6. The maximum atomic E-state index is 5.07. The van der Waals surface area contributed by atoms with E-state index in [4.69, 9.17) is 29.9 Å². The van der Waals surface area contributed by atoms with Crippen molar-refractivity contribution in [2.45, 2.75) is 0 Å². The zero-order valence-electron chi connectivity index (χ0n) is 21.2. The standard InChI is InChI=1S/C32H17IN8.Na.H/c33-23-15-7-14-22-24(23)32-40-30-21-13-6-5-12-20(21)28(38-30)36-26-17-9-2-1-8-16(17)25(34-26)35-27-18-10-3-4-11-19(18)29(37-27)39-31(22)41-32;;/h1-15H,(H2,34,35,36,37,38,39,40,41);;. The van der Waals surface area contributed by atoms with Crippen molar-refractivity contribution < 1.29 is 0 Å². The fourth-order valence-electron chi connectivity index (χ4n) is 5.65. The molecule has 2 N–H and O–H groups in total. The van der Waals surface area contributed by atoms with E-state index in [1.54, 1.807) is 0 Å². The van der Waals surface area contributed by atoms with E-state index in [0.717, 1.165) is 47.4 Å². The Balaban J connectivity index is 0.00000267. The molecule has 0 radical (unpaired) electrons. The molecule has 0 saturated heterocycles. The number of aromatic amines is 2. The van der Waals surface area contributed by atoms with E-state index in [0.29, 0.717) is 45.9 Å². The Morgan fingerprint density at radius 2 is 0.786 bits per heavy atom. The predicted molar refractivity (Wildman–Crippen MR) is 176 cm³/mol. The molecule has 0 unspecified atom stereocenters. The molecule has 4 aromatic carbocycles. The van der Waals surface area contributed by atoms with Gasteiger partial charge in [-0.1, -0.05) is 84.9 Å². The van der Waals surface area contributed by atoms with Gasteiger partial charge in [0, 0.05) is 47.4 Å². The molecule has 0 fully saturated rings. The maximum absolute atomic E-state index is 5.07. The van der Waals surface area contributed by atoms with Crippen molar-refractivity contribution >= 4 is 96.3 Å². The summed E-state index contributed by atoms with van der Waals surface area (Å²) in [6, 6.07) is 30.4. The van der Waals surface area contributed by atoms with Crippen LogP contribution in [-0.4, -0.2) is 69.4 Å². The number of benzene rings is 4. The first-order valence-corrected chi connectivity index (χ1v) is 14.2. The van der Waals surface area contributed by atoms with Crippen molar-refractivity contribution in [3.63, 3.8) is 0 Å². The molecule has 5 heterocycles. The van der Waals surface area contributed by atoms with Crippen molar-refractivity contribution in [2.75, 3.05) is 0 Å². The molecule has 9 rings (SSSR count). The van der Waals surface area contributed by atoms with E-state index in [1.165, 1.54) is 0 Å². The zero-order valence-corrected chi connectivity index (χ0v) is 23.4. The quantitative estimate of drug-likeness (QED) is 0.136. The second kappa shape index (κ2) is 9.77. The van der Waals surface area contributed by atoms with Crippen LogP contribution in [0.4, 0.5) is 0 Å². The van der Waals surface area contributed by atoms with E-state index in [-0.39, 0.29) is 29.6 Å².